The van der Waals surface area contributed by atoms with Crippen LogP contribution in [0.5, 0.6) is 5.75 Å². The van der Waals surface area contributed by atoms with Crippen molar-refractivity contribution in [1.82, 2.24) is 10.2 Å². The van der Waals surface area contributed by atoms with Crippen molar-refractivity contribution >= 4 is 39.1 Å². The summed E-state index contributed by atoms with van der Waals surface area (Å²) in [6, 6.07) is 13.5. The quantitative estimate of drug-likeness (QED) is 0.474. The molecule has 0 bridgehead atoms. The molecule has 0 spiro atoms. The van der Waals surface area contributed by atoms with Gasteiger partial charge in [-0.25, -0.2) is 8.42 Å². The Morgan fingerprint density at radius 1 is 1.14 bits per heavy atom. The highest BCUT2D eigenvalue weighted by molar-refractivity contribution is 7.92. The summed E-state index contributed by atoms with van der Waals surface area (Å²) in [4.78, 5) is 28.1. The molecule has 2 aromatic rings. The van der Waals surface area contributed by atoms with Gasteiger partial charge in [-0.05, 0) is 49.9 Å². The van der Waals surface area contributed by atoms with Crippen molar-refractivity contribution in [3.05, 3.63) is 59.1 Å². The molecule has 1 fully saturated rings. The molecule has 3 rings (SSSR count). The number of methoxy groups -OCH3 is 1. The highest BCUT2D eigenvalue weighted by Gasteiger charge is 2.31. The van der Waals surface area contributed by atoms with E-state index in [4.69, 9.17) is 16.3 Å². The Bertz CT molecular complexity index is 1150. The lowest BCUT2D eigenvalue weighted by molar-refractivity contribution is -0.139. The van der Waals surface area contributed by atoms with E-state index in [-0.39, 0.29) is 29.2 Å². The molecular formula is C26H34ClN3O5S. The van der Waals surface area contributed by atoms with E-state index in [1.807, 2.05) is 30.3 Å². The van der Waals surface area contributed by atoms with Gasteiger partial charge in [-0.2, -0.15) is 0 Å². The minimum atomic E-state index is -3.83. The number of carbonyl (C=O) groups excluding carboxylic acids is 2. The standard InChI is InChI=1S/C26H34ClN3O5S/c1-19(26(32)28-21-11-7-8-12-21)29(16-15-20-9-5-4-6-10-20)25(31)18-30(36(3,33)34)22-13-14-24(35-2)23(27)17-22/h4-6,9-10,13-14,17,19,21H,7-8,11-12,15-16,18H2,1-3H3,(H,28,32)/t19-/m0/s1. The van der Waals surface area contributed by atoms with E-state index in [1.54, 1.807) is 13.0 Å². The largest absolute Gasteiger partial charge is 0.495 e. The highest BCUT2D eigenvalue weighted by Crippen LogP contribution is 2.30. The number of nitrogens with one attached hydrogen (secondary N) is 1. The second-order valence-corrected chi connectivity index (χ2v) is 11.4. The summed E-state index contributed by atoms with van der Waals surface area (Å²) in [6.45, 7) is 1.49. The first kappa shape index (κ1) is 27.8. The van der Waals surface area contributed by atoms with Gasteiger partial charge in [-0.3, -0.25) is 13.9 Å². The molecule has 196 valence electrons. The average Bonchev–Trinajstić information content (AvgIpc) is 3.35. The molecule has 0 radical (unpaired) electrons. The zero-order chi connectivity index (χ0) is 26.3. The number of anilines is 1. The molecule has 1 aliphatic carbocycles. The molecule has 0 unspecified atom stereocenters. The minimum Gasteiger partial charge on any atom is -0.495 e. The summed E-state index contributed by atoms with van der Waals surface area (Å²) in [5.74, 6) is -0.319. The van der Waals surface area contributed by atoms with E-state index in [9.17, 15) is 18.0 Å². The molecule has 0 aliphatic heterocycles. The monoisotopic (exact) mass is 535 g/mol. The van der Waals surface area contributed by atoms with Gasteiger partial charge in [0.25, 0.3) is 0 Å². The van der Waals surface area contributed by atoms with Crippen LogP contribution in [0.2, 0.25) is 5.02 Å². The number of nitrogens with zero attached hydrogens (tertiary/aromatic N) is 2. The summed E-state index contributed by atoms with van der Waals surface area (Å²) in [6.07, 6.45) is 5.56. The third-order valence-corrected chi connectivity index (χ3v) is 7.89. The van der Waals surface area contributed by atoms with Gasteiger partial charge in [-0.1, -0.05) is 54.8 Å². The Morgan fingerprint density at radius 2 is 1.81 bits per heavy atom. The first-order valence-corrected chi connectivity index (χ1v) is 14.3. The predicted molar refractivity (Wildman–Crippen MR) is 142 cm³/mol. The molecule has 0 aromatic heterocycles. The lowest BCUT2D eigenvalue weighted by Gasteiger charge is -2.32. The van der Waals surface area contributed by atoms with Crippen LogP contribution >= 0.6 is 11.6 Å². The van der Waals surface area contributed by atoms with Gasteiger partial charge in [0, 0.05) is 12.6 Å². The van der Waals surface area contributed by atoms with Gasteiger partial charge in [0.05, 0.1) is 24.1 Å². The van der Waals surface area contributed by atoms with Crippen LogP contribution in [0.3, 0.4) is 0 Å². The Balaban J connectivity index is 1.84. The van der Waals surface area contributed by atoms with Gasteiger partial charge in [0.1, 0.15) is 18.3 Å². The Kier molecular flexibility index (Phi) is 9.62. The number of amides is 2. The summed E-state index contributed by atoms with van der Waals surface area (Å²) in [5.41, 5.74) is 1.25. The fourth-order valence-corrected chi connectivity index (χ4v) is 5.48. The third kappa shape index (κ3) is 7.36. The fraction of sp³-hybridized carbons (Fsp3) is 0.462. The normalized spacial score (nSPS) is 14.8. The molecule has 1 aliphatic rings. The molecule has 10 heteroatoms. The Morgan fingerprint density at radius 3 is 2.39 bits per heavy atom. The van der Waals surface area contributed by atoms with Crippen molar-refractivity contribution < 1.29 is 22.7 Å². The summed E-state index contributed by atoms with van der Waals surface area (Å²) < 4.78 is 31.5. The Hall–Kier alpha value is -2.78. The van der Waals surface area contributed by atoms with Crippen LogP contribution in [0.4, 0.5) is 5.69 Å². The maximum atomic E-state index is 13.6. The molecule has 1 atom stereocenters. The van der Waals surface area contributed by atoms with E-state index in [0.29, 0.717) is 12.2 Å². The van der Waals surface area contributed by atoms with Gasteiger partial charge < -0.3 is 15.0 Å². The molecule has 8 nitrogen and oxygen atoms in total. The maximum absolute atomic E-state index is 13.6. The first-order valence-electron chi connectivity index (χ1n) is 12.0. The molecule has 0 saturated heterocycles. The molecule has 2 aromatic carbocycles. The van der Waals surface area contributed by atoms with E-state index in [0.717, 1.165) is 41.8 Å². The molecular weight excluding hydrogens is 502 g/mol. The summed E-state index contributed by atoms with van der Waals surface area (Å²) >= 11 is 6.22. The van der Waals surface area contributed by atoms with Crippen molar-refractivity contribution in [3.63, 3.8) is 0 Å². The third-order valence-electron chi connectivity index (χ3n) is 6.46. The average molecular weight is 536 g/mol. The number of rotatable bonds is 11. The topological polar surface area (TPSA) is 96.0 Å². The van der Waals surface area contributed by atoms with Gasteiger partial charge >= 0.3 is 0 Å². The zero-order valence-corrected chi connectivity index (χ0v) is 22.5. The summed E-state index contributed by atoms with van der Waals surface area (Å²) in [7, 11) is -2.37. The number of benzene rings is 2. The van der Waals surface area contributed by atoms with Crippen LogP contribution in [0, 0.1) is 0 Å². The second-order valence-electron chi connectivity index (χ2n) is 9.08. The maximum Gasteiger partial charge on any atom is 0.244 e. The van der Waals surface area contributed by atoms with Crippen LogP contribution in [0.25, 0.3) is 0 Å². The molecule has 36 heavy (non-hydrogen) atoms. The molecule has 0 heterocycles. The second kappa shape index (κ2) is 12.5. The van der Waals surface area contributed by atoms with Gasteiger partial charge in [-0.15, -0.1) is 0 Å². The molecule has 1 N–H and O–H groups in total. The highest BCUT2D eigenvalue weighted by atomic mass is 35.5. The van der Waals surface area contributed by atoms with Crippen LogP contribution in [-0.4, -0.2) is 63.7 Å². The lowest BCUT2D eigenvalue weighted by Crippen LogP contribution is -2.53. The number of hydrogen-bond donors (Lipinski definition) is 1. The van der Waals surface area contributed by atoms with Crippen molar-refractivity contribution in [2.24, 2.45) is 0 Å². The van der Waals surface area contributed by atoms with Crippen molar-refractivity contribution in [1.29, 1.82) is 0 Å². The SMILES string of the molecule is COc1ccc(N(CC(=O)N(CCc2ccccc2)[C@@H](C)C(=O)NC2CCCC2)S(C)(=O)=O)cc1Cl. The van der Waals surface area contributed by atoms with Crippen LogP contribution in [0.1, 0.15) is 38.2 Å². The minimum absolute atomic E-state index is 0.111. The zero-order valence-electron chi connectivity index (χ0n) is 20.9. The van der Waals surface area contributed by atoms with E-state index < -0.39 is 28.5 Å². The van der Waals surface area contributed by atoms with E-state index in [2.05, 4.69) is 5.32 Å². The fourth-order valence-electron chi connectivity index (χ4n) is 4.39. The number of sulfonamides is 1. The van der Waals surface area contributed by atoms with Gasteiger partial charge in [0.15, 0.2) is 0 Å². The predicted octanol–water partition coefficient (Wildman–Crippen LogP) is 3.63. The van der Waals surface area contributed by atoms with Gasteiger partial charge in [0.2, 0.25) is 21.8 Å². The van der Waals surface area contributed by atoms with Crippen LogP contribution in [0.15, 0.2) is 48.5 Å². The molecule has 1 saturated carbocycles. The number of carbonyl (C=O) groups is 2. The smallest absolute Gasteiger partial charge is 0.244 e. The van der Waals surface area contributed by atoms with Crippen molar-refractivity contribution in [2.75, 3.05) is 30.8 Å². The van der Waals surface area contributed by atoms with E-state index >= 15 is 0 Å². The number of halogens is 1. The van der Waals surface area contributed by atoms with Crippen molar-refractivity contribution in [2.45, 2.75) is 51.1 Å². The lowest BCUT2D eigenvalue weighted by atomic mass is 10.1. The number of hydrogen-bond acceptors (Lipinski definition) is 5. The first-order chi connectivity index (χ1) is 17.1. The van der Waals surface area contributed by atoms with Crippen LogP contribution < -0.4 is 14.4 Å². The van der Waals surface area contributed by atoms with Crippen molar-refractivity contribution in [3.8, 4) is 5.75 Å². The van der Waals surface area contributed by atoms with E-state index in [1.165, 1.54) is 24.1 Å². The summed E-state index contributed by atoms with van der Waals surface area (Å²) in [5, 5.41) is 3.27. The Labute approximate surface area is 218 Å². The number of ether oxygens (including phenoxy) is 1. The van der Waals surface area contributed by atoms with Crippen LogP contribution in [-0.2, 0) is 26.0 Å². The molecule has 2 amide bonds.